The molecule has 0 bridgehead atoms. The van der Waals surface area contributed by atoms with Crippen LogP contribution in [0.3, 0.4) is 0 Å². The third-order valence-corrected chi connectivity index (χ3v) is 4.63. The van der Waals surface area contributed by atoms with E-state index in [1.165, 1.54) is 19.3 Å². The Balaban J connectivity index is 1.89. The molecule has 1 aromatic rings. The average Bonchev–Trinajstić information content (AvgIpc) is 2.60. The smallest absolute Gasteiger partial charge is 0.319 e. The molecule has 1 saturated heterocycles. The van der Waals surface area contributed by atoms with Gasteiger partial charge in [0.25, 0.3) is 0 Å². The van der Waals surface area contributed by atoms with Crippen LogP contribution in [0.1, 0.15) is 33.1 Å². The molecule has 1 aliphatic heterocycles. The number of anilines is 1. The van der Waals surface area contributed by atoms with Crippen molar-refractivity contribution in [1.29, 1.82) is 0 Å². The van der Waals surface area contributed by atoms with Gasteiger partial charge in [-0.3, -0.25) is 4.90 Å². The summed E-state index contributed by atoms with van der Waals surface area (Å²) < 4.78 is 10.5. The van der Waals surface area contributed by atoms with Crippen LogP contribution >= 0.6 is 0 Å². The van der Waals surface area contributed by atoms with Crippen LogP contribution in [0.5, 0.6) is 11.5 Å². The Morgan fingerprint density at radius 2 is 2.12 bits per heavy atom. The van der Waals surface area contributed by atoms with Gasteiger partial charge >= 0.3 is 6.03 Å². The van der Waals surface area contributed by atoms with Crippen molar-refractivity contribution in [3.05, 3.63) is 18.2 Å². The number of nitrogens with zero attached hydrogens (tertiary/aromatic N) is 1. The molecular weight excluding hydrogens is 306 g/mol. The monoisotopic (exact) mass is 335 g/mol. The minimum atomic E-state index is -0.238. The number of nitrogens with one attached hydrogen (secondary N) is 2. The number of hydrogen-bond acceptors (Lipinski definition) is 4. The van der Waals surface area contributed by atoms with E-state index in [4.69, 9.17) is 9.47 Å². The number of amides is 2. The second-order valence-corrected chi connectivity index (χ2v) is 6.33. The van der Waals surface area contributed by atoms with Crippen molar-refractivity contribution >= 4 is 11.7 Å². The predicted molar refractivity (Wildman–Crippen MR) is 96.0 cm³/mol. The lowest BCUT2D eigenvalue weighted by Crippen LogP contribution is -2.49. The number of piperidine rings is 1. The van der Waals surface area contributed by atoms with Crippen molar-refractivity contribution < 1.29 is 14.3 Å². The Morgan fingerprint density at radius 3 is 2.79 bits per heavy atom. The normalized spacial score (nSPS) is 19.4. The number of urea groups is 1. The van der Waals surface area contributed by atoms with Gasteiger partial charge in [0.1, 0.15) is 11.5 Å². The van der Waals surface area contributed by atoms with Gasteiger partial charge in [0, 0.05) is 24.7 Å². The molecule has 1 fully saturated rings. The van der Waals surface area contributed by atoms with Crippen LogP contribution in [0, 0.1) is 0 Å². The Hall–Kier alpha value is -1.95. The van der Waals surface area contributed by atoms with Gasteiger partial charge in [-0.05, 0) is 45.4 Å². The fourth-order valence-electron chi connectivity index (χ4n) is 3.21. The summed E-state index contributed by atoms with van der Waals surface area (Å²) in [4.78, 5) is 14.7. The quantitative estimate of drug-likeness (QED) is 0.838. The van der Waals surface area contributed by atoms with Crippen LogP contribution in [-0.2, 0) is 0 Å². The van der Waals surface area contributed by atoms with Crippen LogP contribution in [-0.4, -0.2) is 50.3 Å². The third kappa shape index (κ3) is 4.77. The number of hydrogen-bond donors (Lipinski definition) is 2. The minimum absolute atomic E-state index is 0.238. The molecule has 2 N–H and O–H groups in total. The number of likely N-dealkylation sites (tertiary alicyclic amines) is 1. The van der Waals surface area contributed by atoms with Gasteiger partial charge in [-0.2, -0.15) is 0 Å². The van der Waals surface area contributed by atoms with E-state index in [0.29, 0.717) is 35.8 Å². The first kappa shape index (κ1) is 18.4. The molecular formula is C18H29N3O3. The summed E-state index contributed by atoms with van der Waals surface area (Å²) in [5.41, 5.74) is 0.591. The zero-order valence-electron chi connectivity index (χ0n) is 15.1. The van der Waals surface area contributed by atoms with Crippen molar-refractivity contribution in [2.45, 2.75) is 45.2 Å². The third-order valence-electron chi connectivity index (χ3n) is 4.63. The topological polar surface area (TPSA) is 62.8 Å². The van der Waals surface area contributed by atoms with Crippen molar-refractivity contribution in [2.75, 3.05) is 32.6 Å². The molecule has 0 radical (unpaired) electrons. The number of carbonyl (C=O) groups excluding carboxylic acids is 1. The molecule has 0 saturated carbocycles. The fourth-order valence-corrected chi connectivity index (χ4v) is 3.21. The van der Waals surface area contributed by atoms with Gasteiger partial charge in [0.15, 0.2) is 0 Å². The summed E-state index contributed by atoms with van der Waals surface area (Å²) in [5.74, 6) is 1.27. The molecule has 0 aliphatic carbocycles. The molecule has 2 rings (SSSR count). The SMILES string of the molecule is COc1ccc(OC)c(NC(=O)NC[C@@H](C)N2CCCC[C@H]2C)c1. The van der Waals surface area contributed by atoms with Crippen molar-refractivity contribution in [3.63, 3.8) is 0 Å². The van der Waals surface area contributed by atoms with E-state index in [1.807, 2.05) is 0 Å². The maximum atomic E-state index is 12.2. The van der Waals surface area contributed by atoms with E-state index in [9.17, 15) is 4.79 Å². The Morgan fingerprint density at radius 1 is 1.33 bits per heavy atom. The largest absolute Gasteiger partial charge is 0.497 e. The van der Waals surface area contributed by atoms with Crippen LogP contribution in [0.4, 0.5) is 10.5 Å². The summed E-state index contributed by atoms with van der Waals surface area (Å²) in [6.45, 7) is 6.14. The lowest BCUT2D eigenvalue weighted by atomic mass is 10.0. The molecule has 24 heavy (non-hydrogen) atoms. The fraction of sp³-hybridized carbons (Fsp3) is 0.611. The van der Waals surface area contributed by atoms with Gasteiger partial charge in [0.2, 0.25) is 0 Å². The standard InChI is InChI=1S/C18H29N3O3/c1-13-7-5-6-10-21(13)14(2)12-19-18(22)20-16-11-15(23-3)8-9-17(16)24-4/h8-9,11,13-14H,5-7,10,12H2,1-4H3,(H2,19,20,22)/t13-,14-/m1/s1. The van der Waals surface area contributed by atoms with Crippen LogP contribution < -0.4 is 20.1 Å². The second-order valence-electron chi connectivity index (χ2n) is 6.33. The first-order chi connectivity index (χ1) is 11.5. The minimum Gasteiger partial charge on any atom is -0.497 e. The van der Waals surface area contributed by atoms with Crippen LogP contribution in [0.15, 0.2) is 18.2 Å². The Kier molecular flexibility index (Phi) is 6.73. The number of ether oxygens (including phenoxy) is 2. The summed E-state index contributed by atoms with van der Waals surface area (Å²) in [6, 6.07) is 5.97. The predicted octanol–water partition coefficient (Wildman–Crippen LogP) is 3.09. The van der Waals surface area contributed by atoms with Crippen molar-refractivity contribution in [2.24, 2.45) is 0 Å². The highest BCUT2D eigenvalue weighted by Crippen LogP contribution is 2.28. The maximum Gasteiger partial charge on any atom is 0.319 e. The van der Waals surface area contributed by atoms with Crippen molar-refractivity contribution in [3.8, 4) is 11.5 Å². The van der Waals surface area contributed by atoms with E-state index >= 15 is 0 Å². The number of carbonyl (C=O) groups is 1. The van der Waals surface area contributed by atoms with E-state index in [1.54, 1.807) is 32.4 Å². The Labute approximate surface area is 144 Å². The maximum absolute atomic E-state index is 12.2. The molecule has 0 spiro atoms. The molecule has 134 valence electrons. The molecule has 1 aliphatic rings. The highest BCUT2D eigenvalue weighted by Gasteiger charge is 2.23. The van der Waals surface area contributed by atoms with Gasteiger partial charge in [-0.1, -0.05) is 6.42 Å². The lowest BCUT2D eigenvalue weighted by Gasteiger charge is -2.38. The highest BCUT2D eigenvalue weighted by atomic mass is 16.5. The molecule has 2 amide bonds. The molecule has 6 nitrogen and oxygen atoms in total. The summed E-state index contributed by atoms with van der Waals surface area (Å²) >= 11 is 0. The van der Waals surface area contributed by atoms with E-state index in [2.05, 4.69) is 29.4 Å². The number of benzene rings is 1. The van der Waals surface area contributed by atoms with Crippen LogP contribution in [0.2, 0.25) is 0 Å². The molecule has 0 aromatic heterocycles. The summed E-state index contributed by atoms with van der Waals surface area (Å²) in [7, 11) is 3.16. The Bertz CT molecular complexity index is 550. The highest BCUT2D eigenvalue weighted by molar-refractivity contribution is 5.91. The van der Waals surface area contributed by atoms with Crippen LogP contribution in [0.25, 0.3) is 0 Å². The summed E-state index contributed by atoms with van der Waals surface area (Å²) in [5, 5.41) is 5.78. The zero-order valence-corrected chi connectivity index (χ0v) is 15.1. The van der Waals surface area contributed by atoms with E-state index in [-0.39, 0.29) is 6.03 Å². The molecule has 6 heteroatoms. The number of rotatable bonds is 6. The second kappa shape index (κ2) is 8.78. The molecule has 1 aromatic carbocycles. The van der Waals surface area contributed by atoms with Gasteiger partial charge in [0.05, 0.1) is 19.9 Å². The van der Waals surface area contributed by atoms with E-state index < -0.39 is 0 Å². The first-order valence-electron chi connectivity index (χ1n) is 8.57. The van der Waals surface area contributed by atoms with Gasteiger partial charge in [-0.15, -0.1) is 0 Å². The molecule has 2 atom stereocenters. The first-order valence-corrected chi connectivity index (χ1v) is 8.57. The van der Waals surface area contributed by atoms with Gasteiger partial charge < -0.3 is 20.1 Å². The zero-order chi connectivity index (χ0) is 17.5. The molecule has 1 heterocycles. The lowest BCUT2D eigenvalue weighted by molar-refractivity contribution is 0.114. The average molecular weight is 335 g/mol. The van der Waals surface area contributed by atoms with E-state index in [0.717, 1.165) is 6.54 Å². The molecule has 0 unspecified atom stereocenters. The number of methoxy groups -OCH3 is 2. The van der Waals surface area contributed by atoms with Gasteiger partial charge in [-0.25, -0.2) is 4.79 Å². The summed E-state index contributed by atoms with van der Waals surface area (Å²) in [6.07, 6.45) is 3.77. The van der Waals surface area contributed by atoms with Crippen molar-refractivity contribution in [1.82, 2.24) is 10.2 Å².